The van der Waals surface area contributed by atoms with Crippen LogP contribution < -0.4 is 11.1 Å². The van der Waals surface area contributed by atoms with Gasteiger partial charge in [-0.3, -0.25) is 4.79 Å². The number of nitrogens with two attached hydrogens (primary N) is 1. The molecule has 0 saturated heterocycles. The SMILES string of the molecule is COCCCC(N)C(=O)Nc1ncnc(Cl)c1Cl. The average Bonchev–Trinajstić information content (AvgIpc) is 2.35. The van der Waals surface area contributed by atoms with Crippen molar-refractivity contribution < 1.29 is 9.53 Å². The second-order valence-corrected chi connectivity index (χ2v) is 4.29. The lowest BCUT2D eigenvalue weighted by atomic mass is 10.1. The first-order chi connectivity index (χ1) is 8.56. The van der Waals surface area contributed by atoms with E-state index in [0.717, 1.165) is 0 Å². The van der Waals surface area contributed by atoms with Crippen molar-refractivity contribution in [2.24, 2.45) is 5.73 Å². The second kappa shape index (κ2) is 7.48. The lowest BCUT2D eigenvalue weighted by Gasteiger charge is -2.12. The zero-order chi connectivity index (χ0) is 13.5. The molecular weight excluding hydrogens is 279 g/mol. The van der Waals surface area contributed by atoms with Gasteiger partial charge in [-0.2, -0.15) is 0 Å². The van der Waals surface area contributed by atoms with Crippen LogP contribution in [0.1, 0.15) is 12.8 Å². The fourth-order valence-electron chi connectivity index (χ4n) is 1.22. The number of ether oxygens (including phenoxy) is 1. The van der Waals surface area contributed by atoms with Crippen LogP contribution in [0, 0.1) is 0 Å². The highest BCUT2D eigenvalue weighted by molar-refractivity contribution is 6.42. The number of nitrogens with one attached hydrogen (secondary N) is 1. The molecule has 1 aromatic heterocycles. The molecule has 0 aliphatic rings. The summed E-state index contributed by atoms with van der Waals surface area (Å²) in [7, 11) is 1.59. The zero-order valence-corrected chi connectivity index (χ0v) is 11.3. The molecule has 0 aromatic carbocycles. The lowest BCUT2D eigenvalue weighted by Crippen LogP contribution is -2.36. The summed E-state index contributed by atoms with van der Waals surface area (Å²) in [5.41, 5.74) is 5.71. The van der Waals surface area contributed by atoms with Gasteiger partial charge in [0.15, 0.2) is 11.0 Å². The molecule has 0 aliphatic heterocycles. The number of methoxy groups -OCH3 is 1. The monoisotopic (exact) mass is 292 g/mol. The van der Waals surface area contributed by atoms with E-state index in [1.54, 1.807) is 7.11 Å². The van der Waals surface area contributed by atoms with Crippen LogP contribution in [0.2, 0.25) is 10.2 Å². The van der Waals surface area contributed by atoms with Gasteiger partial charge in [0.25, 0.3) is 0 Å². The first kappa shape index (κ1) is 15.1. The van der Waals surface area contributed by atoms with Crippen molar-refractivity contribution in [1.82, 2.24) is 9.97 Å². The molecule has 6 nitrogen and oxygen atoms in total. The molecule has 0 spiro atoms. The molecule has 18 heavy (non-hydrogen) atoms. The number of nitrogens with zero attached hydrogens (tertiary/aromatic N) is 2. The van der Waals surface area contributed by atoms with Gasteiger partial charge in [-0.25, -0.2) is 9.97 Å². The topological polar surface area (TPSA) is 90.1 Å². The lowest BCUT2D eigenvalue weighted by molar-refractivity contribution is -0.117. The number of hydrogen-bond donors (Lipinski definition) is 2. The summed E-state index contributed by atoms with van der Waals surface area (Å²) in [6.07, 6.45) is 2.42. The van der Waals surface area contributed by atoms with Gasteiger partial charge in [0.05, 0.1) is 6.04 Å². The van der Waals surface area contributed by atoms with Gasteiger partial charge in [-0.15, -0.1) is 0 Å². The van der Waals surface area contributed by atoms with Gasteiger partial charge in [0, 0.05) is 13.7 Å². The van der Waals surface area contributed by atoms with E-state index in [1.165, 1.54) is 6.33 Å². The summed E-state index contributed by atoms with van der Waals surface area (Å²) in [5, 5.41) is 2.68. The van der Waals surface area contributed by atoms with Gasteiger partial charge in [-0.1, -0.05) is 23.2 Å². The Morgan fingerprint density at radius 3 is 2.94 bits per heavy atom. The van der Waals surface area contributed by atoms with Crippen molar-refractivity contribution in [3.05, 3.63) is 16.5 Å². The Morgan fingerprint density at radius 1 is 1.56 bits per heavy atom. The van der Waals surface area contributed by atoms with Gasteiger partial charge in [0.1, 0.15) is 11.3 Å². The van der Waals surface area contributed by atoms with Crippen molar-refractivity contribution in [2.75, 3.05) is 19.0 Å². The van der Waals surface area contributed by atoms with E-state index in [-0.39, 0.29) is 21.9 Å². The Labute approximate surface area is 115 Å². The predicted molar refractivity (Wildman–Crippen MR) is 69.8 cm³/mol. The standard InChI is InChI=1S/C10H14Cl2N4O2/c1-18-4-2-3-6(13)10(17)16-9-7(11)8(12)14-5-15-9/h5-6H,2-4,13H2,1H3,(H,14,15,16,17). The van der Waals surface area contributed by atoms with Gasteiger partial charge >= 0.3 is 0 Å². The minimum atomic E-state index is -0.648. The highest BCUT2D eigenvalue weighted by Crippen LogP contribution is 2.25. The smallest absolute Gasteiger partial charge is 0.242 e. The van der Waals surface area contributed by atoms with Crippen molar-refractivity contribution in [2.45, 2.75) is 18.9 Å². The molecule has 1 atom stereocenters. The largest absolute Gasteiger partial charge is 0.385 e. The van der Waals surface area contributed by atoms with E-state index in [0.29, 0.717) is 19.4 Å². The van der Waals surface area contributed by atoms with Crippen molar-refractivity contribution in [3.63, 3.8) is 0 Å². The molecular formula is C10H14Cl2N4O2. The Kier molecular flexibility index (Phi) is 6.28. The number of carbonyl (C=O) groups excluding carboxylic acids is 1. The molecule has 8 heteroatoms. The summed E-state index contributed by atoms with van der Waals surface area (Å²) >= 11 is 11.5. The summed E-state index contributed by atoms with van der Waals surface area (Å²) in [4.78, 5) is 19.2. The number of halogens is 2. The van der Waals surface area contributed by atoms with Gasteiger partial charge in [0.2, 0.25) is 5.91 Å². The van der Waals surface area contributed by atoms with E-state index in [9.17, 15) is 4.79 Å². The number of carbonyl (C=O) groups is 1. The van der Waals surface area contributed by atoms with E-state index < -0.39 is 6.04 Å². The van der Waals surface area contributed by atoms with Crippen LogP contribution >= 0.6 is 23.2 Å². The van der Waals surface area contributed by atoms with Crippen LogP contribution in [0.5, 0.6) is 0 Å². The third-order valence-corrected chi connectivity index (χ3v) is 2.93. The summed E-state index contributed by atoms with van der Waals surface area (Å²) in [6.45, 7) is 0.557. The Morgan fingerprint density at radius 2 is 2.28 bits per heavy atom. The van der Waals surface area contributed by atoms with E-state index in [1.807, 2.05) is 0 Å². The Hall–Kier alpha value is -0.950. The van der Waals surface area contributed by atoms with Crippen molar-refractivity contribution in [1.29, 1.82) is 0 Å². The number of rotatable bonds is 6. The molecule has 0 aliphatic carbocycles. The van der Waals surface area contributed by atoms with Gasteiger partial charge < -0.3 is 15.8 Å². The van der Waals surface area contributed by atoms with Crippen molar-refractivity contribution in [3.8, 4) is 0 Å². The number of aromatic nitrogens is 2. The first-order valence-electron chi connectivity index (χ1n) is 5.27. The normalized spacial score (nSPS) is 12.2. The molecule has 0 fully saturated rings. The molecule has 1 unspecified atom stereocenters. The third kappa shape index (κ3) is 4.38. The fourth-order valence-corrected chi connectivity index (χ4v) is 1.50. The molecule has 0 bridgehead atoms. The minimum absolute atomic E-state index is 0.0786. The highest BCUT2D eigenvalue weighted by Gasteiger charge is 2.16. The maximum absolute atomic E-state index is 11.7. The molecule has 100 valence electrons. The van der Waals surface area contributed by atoms with E-state index in [4.69, 9.17) is 33.7 Å². The summed E-state index contributed by atoms with van der Waals surface area (Å²) in [6, 6.07) is -0.648. The molecule has 1 aromatic rings. The van der Waals surface area contributed by atoms with Crippen LogP contribution in [0.4, 0.5) is 5.82 Å². The van der Waals surface area contributed by atoms with Crippen LogP contribution in [-0.4, -0.2) is 35.6 Å². The van der Waals surface area contributed by atoms with E-state index >= 15 is 0 Å². The first-order valence-corrected chi connectivity index (χ1v) is 6.03. The fraction of sp³-hybridized carbons (Fsp3) is 0.500. The maximum atomic E-state index is 11.7. The Bertz CT molecular complexity index is 417. The van der Waals surface area contributed by atoms with Crippen LogP contribution in [0.25, 0.3) is 0 Å². The maximum Gasteiger partial charge on any atom is 0.242 e. The molecule has 1 amide bonds. The second-order valence-electron chi connectivity index (χ2n) is 3.56. The number of anilines is 1. The van der Waals surface area contributed by atoms with Crippen LogP contribution in [-0.2, 0) is 9.53 Å². The summed E-state index contributed by atoms with van der Waals surface area (Å²) in [5.74, 6) is -0.216. The zero-order valence-electron chi connectivity index (χ0n) is 9.82. The molecule has 1 rings (SSSR count). The molecule has 0 saturated carbocycles. The van der Waals surface area contributed by atoms with Crippen LogP contribution in [0.15, 0.2) is 6.33 Å². The van der Waals surface area contributed by atoms with Gasteiger partial charge in [-0.05, 0) is 12.8 Å². The molecule has 1 heterocycles. The number of amides is 1. The quantitative estimate of drug-likeness (QED) is 0.612. The van der Waals surface area contributed by atoms with Crippen LogP contribution in [0.3, 0.4) is 0 Å². The minimum Gasteiger partial charge on any atom is -0.385 e. The number of hydrogen-bond acceptors (Lipinski definition) is 5. The Balaban J connectivity index is 2.56. The predicted octanol–water partition coefficient (Wildman–Crippen LogP) is 1.48. The van der Waals surface area contributed by atoms with E-state index in [2.05, 4.69) is 15.3 Å². The third-order valence-electron chi connectivity index (χ3n) is 2.19. The van der Waals surface area contributed by atoms with Crippen molar-refractivity contribution >= 4 is 34.9 Å². The molecule has 0 radical (unpaired) electrons. The highest BCUT2D eigenvalue weighted by atomic mass is 35.5. The summed E-state index contributed by atoms with van der Waals surface area (Å²) < 4.78 is 4.88. The molecule has 3 N–H and O–H groups in total. The average molecular weight is 293 g/mol.